The van der Waals surface area contributed by atoms with E-state index in [1.165, 1.54) is 6.08 Å². The van der Waals surface area contributed by atoms with E-state index in [0.717, 1.165) is 0 Å². The van der Waals surface area contributed by atoms with Gasteiger partial charge in [0.25, 0.3) is 0 Å². The van der Waals surface area contributed by atoms with Crippen LogP contribution in [0.1, 0.15) is 0 Å². The van der Waals surface area contributed by atoms with Crippen molar-refractivity contribution in [3.63, 3.8) is 0 Å². The minimum absolute atomic E-state index is 0. The molecular formula is C3H3NZr. The molecule has 0 radical (unpaired) electrons. The average Bonchev–Trinajstić information content (AvgIpc) is 1.37. The fraction of sp³-hybridized carbons (Fsp3) is 0. The molecule has 1 nitrogen and oxygen atoms in total. The van der Waals surface area contributed by atoms with Gasteiger partial charge in [-0.25, -0.2) is 0 Å². The van der Waals surface area contributed by atoms with Crippen LogP contribution in [-0.2, 0) is 26.2 Å². The molecule has 0 saturated carbocycles. The van der Waals surface area contributed by atoms with Crippen molar-refractivity contribution in [3.8, 4) is 6.07 Å². The van der Waals surface area contributed by atoms with Crippen molar-refractivity contribution in [2.75, 3.05) is 0 Å². The summed E-state index contributed by atoms with van der Waals surface area (Å²) in [4.78, 5) is 0. The number of allylic oxidation sites excluding steroid dienone is 1. The van der Waals surface area contributed by atoms with Crippen molar-refractivity contribution >= 4 is 0 Å². The van der Waals surface area contributed by atoms with Gasteiger partial charge in [-0.2, -0.15) is 5.26 Å². The number of hydrogen-bond donors (Lipinski definition) is 0. The van der Waals surface area contributed by atoms with E-state index < -0.39 is 0 Å². The van der Waals surface area contributed by atoms with E-state index in [1.807, 2.05) is 0 Å². The van der Waals surface area contributed by atoms with Gasteiger partial charge in [0.1, 0.15) is 0 Å². The average molecular weight is 144 g/mol. The molecule has 0 aliphatic heterocycles. The Morgan fingerprint density at radius 2 is 2.00 bits per heavy atom. The topological polar surface area (TPSA) is 23.8 Å². The van der Waals surface area contributed by atoms with Crippen LogP contribution in [0.5, 0.6) is 0 Å². The Morgan fingerprint density at radius 1 is 1.80 bits per heavy atom. The predicted octanol–water partition coefficient (Wildman–Crippen LogP) is 0.693. The SMILES string of the molecule is C=CC#N.[Zr]. The van der Waals surface area contributed by atoms with Crippen LogP contribution in [0.4, 0.5) is 0 Å². The molecule has 0 unspecified atom stereocenters. The molecule has 0 amide bonds. The summed E-state index contributed by atoms with van der Waals surface area (Å²) in [6.45, 7) is 3.12. The van der Waals surface area contributed by atoms with Gasteiger partial charge in [0.05, 0.1) is 6.07 Å². The third-order valence-corrected chi connectivity index (χ3v) is 0.0913. The fourth-order valence-electron chi connectivity index (χ4n) is 0. The van der Waals surface area contributed by atoms with Crippen molar-refractivity contribution in [2.24, 2.45) is 0 Å². The first kappa shape index (κ1) is 8.93. The Bertz CT molecular complexity index is 52.4. The molecule has 0 rings (SSSR count). The molecule has 0 aliphatic carbocycles. The zero-order chi connectivity index (χ0) is 3.41. The molecule has 2 heteroatoms. The summed E-state index contributed by atoms with van der Waals surface area (Å²) in [6, 6.07) is 1.69. The van der Waals surface area contributed by atoms with E-state index in [-0.39, 0.29) is 26.2 Å². The van der Waals surface area contributed by atoms with Crippen LogP contribution in [0, 0.1) is 11.3 Å². The van der Waals surface area contributed by atoms with Crippen molar-refractivity contribution in [1.82, 2.24) is 0 Å². The molecule has 0 N–H and O–H groups in total. The molecule has 0 aliphatic rings. The zero-order valence-corrected chi connectivity index (χ0v) is 5.19. The van der Waals surface area contributed by atoms with Crippen LogP contribution >= 0.6 is 0 Å². The summed E-state index contributed by atoms with van der Waals surface area (Å²) in [5, 5.41) is 7.51. The van der Waals surface area contributed by atoms with Gasteiger partial charge in [-0.15, -0.1) is 0 Å². The summed E-state index contributed by atoms with van der Waals surface area (Å²) in [5.41, 5.74) is 0. The number of hydrogen-bond acceptors (Lipinski definition) is 1. The Labute approximate surface area is 50.4 Å². The van der Waals surface area contributed by atoms with Gasteiger partial charge in [-0.05, 0) is 0 Å². The Hall–Kier alpha value is 0.113. The first-order valence-corrected chi connectivity index (χ1v) is 0.921. The van der Waals surface area contributed by atoms with Gasteiger partial charge in [-0.3, -0.25) is 0 Å². The number of nitriles is 1. The predicted molar refractivity (Wildman–Crippen MR) is 15.8 cm³/mol. The van der Waals surface area contributed by atoms with Crippen LogP contribution in [-0.4, -0.2) is 0 Å². The quantitative estimate of drug-likeness (QED) is 0.459. The van der Waals surface area contributed by atoms with E-state index >= 15 is 0 Å². The largest absolute Gasteiger partial charge is 0.193 e. The molecular weight excluding hydrogens is 141 g/mol. The van der Waals surface area contributed by atoms with Crippen LogP contribution in [0.15, 0.2) is 12.7 Å². The monoisotopic (exact) mass is 143 g/mol. The first-order valence-electron chi connectivity index (χ1n) is 0.921. The van der Waals surface area contributed by atoms with Gasteiger partial charge >= 0.3 is 0 Å². The van der Waals surface area contributed by atoms with Gasteiger partial charge in [0, 0.05) is 32.3 Å². The maximum Gasteiger partial charge on any atom is 0.0905 e. The second-order valence-corrected chi connectivity index (χ2v) is 0.333. The molecule has 0 aromatic heterocycles. The summed E-state index contributed by atoms with van der Waals surface area (Å²) in [5.74, 6) is 0. The summed E-state index contributed by atoms with van der Waals surface area (Å²) in [6.07, 6.45) is 1.18. The Morgan fingerprint density at radius 3 is 2.00 bits per heavy atom. The van der Waals surface area contributed by atoms with Crippen molar-refractivity contribution < 1.29 is 26.2 Å². The van der Waals surface area contributed by atoms with Crippen LogP contribution in [0.2, 0.25) is 0 Å². The molecule has 0 spiro atoms. The molecule has 0 aromatic carbocycles. The van der Waals surface area contributed by atoms with Gasteiger partial charge in [0.2, 0.25) is 0 Å². The maximum atomic E-state index is 7.51. The molecule has 0 bridgehead atoms. The third kappa shape index (κ3) is 14.8. The van der Waals surface area contributed by atoms with Crippen LogP contribution in [0.25, 0.3) is 0 Å². The van der Waals surface area contributed by atoms with Crippen molar-refractivity contribution in [1.29, 1.82) is 5.26 Å². The summed E-state index contributed by atoms with van der Waals surface area (Å²) in [7, 11) is 0. The second kappa shape index (κ2) is 8.93. The smallest absolute Gasteiger partial charge is 0.0905 e. The van der Waals surface area contributed by atoms with Gasteiger partial charge < -0.3 is 0 Å². The molecule has 0 heterocycles. The van der Waals surface area contributed by atoms with E-state index in [9.17, 15) is 0 Å². The minimum Gasteiger partial charge on any atom is -0.193 e. The van der Waals surface area contributed by atoms with E-state index in [1.54, 1.807) is 6.07 Å². The van der Waals surface area contributed by atoms with Crippen LogP contribution < -0.4 is 0 Å². The van der Waals surface area contributed by atoms with Gasteiger partial charge in [0.15, 0.2) is 0 Å². The molecule has 24 valence electrons. The summed E-state index contributed by atoms with van der Waals surface area (Å²) < 4.78 is 0. The van der Waals surface area contributed by atoms with Gasteiger partial charge in [-0.1, -0.05) is 6.58 Å². The first-order chi connectivity index (χ1) is 1.91. The van der Waals surface area contributed by atoms with E-state index in [4.69, 9.17) is 5.26 Å². The van der Waals surface area contributed by atoms with Crippen LogP contribution in [0.3, 0.4) is 0 Å². The Kier molecular flexibility index (Phi) is 15.9. The maximum absolute atomic E-state index is 7.51. The number of nitrogens with zero attached hydrogens (tertiary/aromatic N) is 1. The molecule has 0 saturated heterocycles. The van der Waals surface area contributed by atoms with E-state index in [2.05, 4.69) is 6.58 Å². The normalized spacial score (nSPS) is 3.00. The fourth-order valence-corrected chi connectivity index (χ4v) is 0. The Balaban J connectivity index is 0. The molecule has 5 heavy (non-hydrogen) atoms. The molecule has 0 atom stereocenters. The standard InChI is InChI=1S/C3H3N.Zr/c1-2-3-4;/h2H,1H2;. The zero-order valence-electron chi connectivity index (χ0n) is 2.73. The third-order valence-electron chi connectivity index (χ3n) is 0.0913. The minimum atomic E-state index is 0. The van der Waals surface area contributed by atoms with Crippen molar-refractivity contribution in [2.45, 2.75) is 0 Å². The second-order valence-electron chi connectivity index (χ2n) is 0.333. The molecule has 0 aromatic rings. The summed E-state index contributed by atoms with van der Waals surface area (Å²) >= 11 is 0. The number of rotatable bonds is 0. The van der Waals surface area contributed by atoms with E-state index in [0.29, 0.717) is 0 Å². The molecule has 0 fully saturated rings. The van der Waals surface area contributed by atoms with Crippen molar-refractivity contribution in [3.05, 3.63) is 12.7 Å².